The van der Waals surface area contributed by atoms with Gasteiger partial charge in [-0.1, -0.05) is 24.3 Å². The first-order chi connectivity index (χ1) is 12.1. The highest BCUT2D eigenvalue weighted by Gasteiger charge is 2.29. The van der Waals surface area contributed by atoms with Crippen LogP contribution in [0.15, 0.2) is 48.5 Å². The van der Waals surface area contributed by atoms with Gasteiger partial charge >= 0.3 is 0 Å². The fraction of sp³-hybridized carbons (Fsp3) is 0.429. The molecule has 2 atom stereocenters. The van der Waals surface area contributed by atoms with E-state index >= 15 is 0 Å². The average molecular weight is 340 g/mol. The van der Waals surface area contributed by atoms with Crippen LogP contribution in [0.2, 0.25) is 0 Å². The molecule has 1 heterocycles. The molecule has 1 saturated heterocycles. The van der Waals surface area contributed by atoms with Gasteiger partial charge < -0.3 is 14.8 Å². The molecular formula is C21H28N2O2. The Hall–Kier alpha value is -2.04. The fourth-order valence-corrected chi connectivity index (χ4v) is 3.77. The van der Waals surface area contributed by atoms with Crippen molar-refractivity contribution in [2.24, 2.45) is 0 Å². The van der Waals surface area contributed by atoms with Crippen LogP contribution in [0.4, 0.5) is 0 Å². The molecule has 1 fully saturated rings. The molecule has 0 aromatic heterocycles. The number of piperazine rings is 1. The summed E-state index contributed by atoms with van der Waals surface area (Å²) in [4.78, 5) is 2.56. The SMILES string of the molecule is COc1ccc(C(c2ccc(OC)cc2)N2CC(C)NC(C)C2)cc1. The minimum Gasteiger partial charge on any atom is -0.497 e. The summed E-state index contributed by atoms with van der Waals surface area (Å²) in [6, 6.07) is 18.0. The van der Waals surface area contributed by atoms with Crippen molar-refractivity contribution in [2.45, 2.75) is 32.0 Å². The van der Waals surface area contributed by atoms with Crippen molar-refractivity contribution in [1.82, 2.24) is 10.2 Å². The molecule has 0 saturated carbocycles. The molecule has 0 amide bonds. The zero-order chi connectivity index (χ0) is 17.8. The molecule has 25 heavy (non-hydrogen) atoms. The molecular weight excluding hydrogens is 312 g/mol. The summed E-state index contributed by atoms with van der Waals surface area (Å²) < 4.78 is 10.6. The van der Waals surface area contributed by atoms with E-state index in [1.165, 1.54) is 11.1 Å². The first kappa shape index (κ1) is 17.8. The normalized spacial score (nSPS) is 21.3. The summed E-state index contributed by atoms with van der Waals surface area (Å²) in [5.74, 6) is 1.78. The predicted molar refractivity (Wildman–Crippen MR) is 101 cm³/mol. The Kier molecular flexibility index (Phi) is 5.61. The molecule has 3 rings (SSSR count). The quantitative estimate of drug-likeness (QED) is 0.904. The number of hydrogen-bond donors (Lipinski definition) is 1. The standard InChI is InChI=1S/C21H28N2O2/c1-15-13-23(14-16(2)22-15)21(17-5-9-19(24-3)10-6-17)18-7-11-20(25-4)12-8-18/h5-12,15-16,21-22H,13-14H2,1-4H3. The molecule has 2 aromatic carbocycles. The second-order valence-electron chi connectivity index (χ2n) is 6.87. The van der Waals surface area contributed by atoms with Crippen LogP contribution in [0.3, 0.4) is 0 Å². The molecule has 2 aromatic rings. The van der Waals surface area contributed by atoms with Crippen molar-refractivity contribution in [3.63, 3.8) is 0 Å². The van der Waals surface area contributed by atoms with E-state index in [0.717, 1.165) is 24.6 Å². The molecule has 1 aliphatic heterocycles. The maximum atomic E-state index is 5.32. The van der Waals surface area contributed by atoms with Crippen LogP contribution in [0.1, 0.15) is 31.0 Å². The molecule has 4 nitrogen and oxygen atoms in total. The van der Waals surface area contributed by atoms with E-state index in [0.29, 0.717) is 12.1 Å². The first-order valence-electron chi connectivity index (χ1n) is 8.88. The number of rotatable bonds is 5. The lowest BCUT2D eigenvalue weighted by atomic mass is 9.95. The minimum absolute atomic E-state index is 0.226. The third-order valence-electron chi connectivity index (χ3n) is 4.81. The van der Waals surface area contributed by atoms with Gasteiger partial charge in [0.1, 0.15) is 11.5 Å². The maximum absolute atomic E-state index is 5.32. The van der Waals surface area contributed by atoms with Crippen molar-refractivity contribution in [2.75, 3.05) is 27.3 Å². The van der Waals surface area contributed by atoms with Crippen molar-refractivity contribution in [3.8, 4) is 11.5 Å². The Morgan fingerprint density at radius 2 is 1.20 bits per heavy atom. The predicted octanol–water partition coefficient (Wildman–Crippen LogP) is 3.48. The van der Waals surface area contributed by atoms with Crippen molar-refractivity contribution in [3.05, 3.63) is 59.7 Å². The number of methoxy groups -OCH3 is 2. The lowest BCUT2D eigenvalue weighted by Crippen LogP contribution is -2.55. The van der Waals surface area contributed by atoms with Crippen LogP contribution in [-0.4, -0.2) is 44.3 Å². The highest BCUT2D eigenvalue weighted by Crippen LogP contribution is 2.32. The van der Waals surface area contributed by atoms with Crippen molar-refractivity contribution in [1.29, 1.82) is 0 Å². The maximum Gasteiger partial charge on any atom is 0.118 e. The first-order valence-corrected chi connectivity index (χ1v) is 8.88. The van der Waals surface area contributed by atoms with Crippen LogP contribution in [0.5, 0.6) is 11.5 Å². The largest absolute Gasteiger partial charge is 0.497 e. The van der Waals surface area contributed by atoms with Gasteiger partial charge in [-0.2, -0.15) is 0 Å². The topological polar surface area (TPSA) is 33.7 Å². The zero-order valence-corrected chi connectivity index (χ0v) is 15.5. The van der Waals surface area contributed by atoms with Crippen LogP contribution in [-0.2, 0) is 0 Å². The van der Waals surface area contributed by atoms with Crippen molar-refractivity contribution >= 4 is 0 Å². The van der Waals surface area contributed by atoms with Gasteiger partial charge in [-0.3, -0.25) is 4.90 Å². The van der Waals surface area contributed by atoms with E-state index in [1.807, 2.05) is 24.3 Å². The molecule has 0 radical (unpaired) electrons. The molecule has 1 aliphatic rings. The highest BCUT2D eigenvalue weighted by atomic mass is 16.5. The van der Waals surface area contributed by atoms with Gasteiger partial charge in [0.2, 0.25) is 0 Å². The Morgan fingerprint density at radius 3 is 1.56 bits per heavy atom. The van der Waals surface area contributed by atoms with Gasteiger partial charge in [-0.25, -0.2) is 0 Å². The summed E-state index contributed by atoms with van der Waals surface area (Å²) in [7, 11) is 3.41. The molecule has 134 valence electrons. The van der Waals surface area contributed by atoms with Crippen LogP contribution in [0.25, 0.3) is 0 Å². The minimum atomic E-state index is 0.226. The number of nitrogens with one attached hydrogen (secondary N) is 1. The summed E-state index contributed by atoms with van der Waals surface area (Å²) >= 11 is 0. The Labute approximate surface area is 150 Å². The summed E-state index contributed by atoms with van der Waals surface area (Å²) in [6.45, 7) is 6.55. The Morgan fingerprint density at radius 1 is 0.800 bits per heavy atom. The van der Waals surface area contributed by atoms with Crippen molar-refractivity contribution < 1.29 is 9.47 Å². The lowest BCUT2D eigenvalue weighted by molar-refractivity contribution is 0.141. The van der Waals surface area contributed by atoms with Crippen LogP contribution < -0.4 is 14.8 Å². The highest BCUT2D eigenvalue weighted by molar-refractivity contribution is 5.38. The molecule has 4 heteroatoms. The van der Waals surface area contributed by atoms with E-state index < -0.39 is 0 Å². The molecule has 0 aliphatic carbocycles. The third-order valence-corrected chi connectivity index (χ3v) is 4.81. The van der Waals surface area contributed by atoms with E-state index in [1.54, 1.807) is 14.2 Å². The Balaban J connectivity index is 1.96. The van der Waals surface area contributed by atoms with E-state index in [2.05, 4.69) is 48.3 Å². The van der Waals surface area contributed by atoms with Gasteiger partial charge in [0.05, 0.1) is 20.3 Å². The molecule has 0 bridgehead atoms. The zero-order valence-electron chi connectivity index (χ0n) is 15.5. The van der Waals surface area contributed by atoms with Crippen LogP contribution in [0, 0.1) is 0 Å². The fourth-order valence-electron chi connectivity index (χ4n) is 3.77. The second-order valence-corrected chi connectivity index (χ2v) is 6.87. The number of hydrogen-bond acceptors (Lipinski definition) is 4. The van der Waals surface area contributed by atoms with E-state index in [4.69, 9.17) is 9.47 Å². The van der Waals surface area contributed by atoms with Crippen LogP contribution >= 0.6 is 0 Å². The molecule has 1 N–H and O–H groups in total. The van der Waals surface area contributed by atoms with E-state index in [-0.39, 0.29) is 6.04 Å². The second kappa shape index (κ2) is 7.89. The smallest absolute Gasteiger partial charge is 0.118 e. The third kappa shape index (κ3) is 4.14. The summed E-state index contributed by atoms with van der Waals surface area (Å²) in [5.41, 5.74) is 2.57. The molecule has 2 unspecified atom stereocenters. The summed E-state index contributed by atoms with van der Waals surface area (Å²) in [6.07, 6.45) is 0. The van der Waals surface area contributed by atoms with Gasteiger partial charge in [0.25, 0.3) is 0 Å². The van der Waals surface area contributed by atoms with E-state index in [9.17, 15) is 0 Å². The number of ether oxygens (including phenoxy) is 2. The number of nitrogens with zero attached hydrogens (tertiary/aromatic N) is 1. The summed E-state index contributed by atoms with van der Waals surface area (Å²) in [5, 5.41) is 3.62. The Bertz CT molecular complexity index is 612. The average Bonchev–Trinajstić information content (AvgIpc) is 2.62. The monoisotopic (exact) mass is 340 g/mol. The number of benzene rings is 2. The van der Waals surface area contributed by atoms with Gasteiger partial charge in [-0.15, -0.1) is 0 Å². The van der Waals surface area contributed by atoms with Gasteiger partial charge in [0, 0.05) is 25.2 Å². The lowest BCUT2D eigenvalue weighted by Gasteiger charge is -2.41. The molecule has 0 spiro atoms. The van der Waals surface area contributed by atoms with Gasteiger partial charge in [-0.05, 0) is 49.2 Å². The van der Waals surface area contributed by atoms with Gasteiger partial charge in [0.15, 0.2) is 0 Å².